The Hall–Kier alpha value is -3.11. The van der Waals surface area contributed by atoms with Crippen molar-refractivity contribution in [2.75, 3.05) is 13.2 Å². The zero-order chi connectivity index (χ0) is 21.8. The van der Waals surface area contributed by atoms with E-state index in [-0.39, 0.29) is 6.04 Å². The first-order chi connectivity index (χ1) is 15.0. The Morgan fingerprint density at radius 3 is 2.84 bits per heavy atom. The molecule has 0 aromatic carbocycles. The van der Waals surface area contributed by atoms with Gasteiger partial charge < -0.3 is 19.3 Å². The minimum atomic E-state index is -0.492. The van der Waals surface area contributed by atoms with E-state index in [4.69, 9.17) is 14.0 Å². The zero-order valence-electron chi connectivity index (χ0n) is 17.1. The average molecular weight is 444 g/mol. The van der Waals surface area contributed by atoms with Crippen molar-refractivity contribution in [2.24, 2.45) is 0 Å². The highest BCUT2D eigenvalue weighted by Gasteiger charge is 2.19. The highest BCUT2D eigenvalue weighted by atomic mass is 32.1. The number of halogens is 1. The van der Waals surface area contributed by atoms with Crippen LogP contribution in [0.4, 0.5) is 9.18 Å². The number of thiazole rings is 1. The second-order valence-electron chi connectivity index (χ2n) is 7.04. The van der Waals surface area contributed by atoms with Crippen LogP contribution in [0.1, 0.15) is 34.9 Å². The number of amides is 1. The minimum Gasteiger partial charge on any atom is -0.397 e. The maximum absolute atomic E-state index is 13.2. The van der Waals surface area contributed by atoms with Gasteiger partial charge in [-0.15, -0.1) is 0 Å². The minimum absolute atomic E-state index is 0.0592. The SMILES string of the molecule is Cc1nc(/C=C/c2c(-c3ccc(F)cn3)noc2C)sc1OC(=O)NC1CCOCC1. The lowest BCUT2D eigenvalue weighted by Gasteiger charge is -2.22. The fourth-order valence-electron chi connectivity index (χ4n) is 3.12. The molecule has 8 nitrogen and oxygen atoms in total. The molecule has 1 amide bonds. The van der Waals surface area contributed by atoms with E-state index in [9.17, 15) is 9.18 Å². The molecule has 162 valence electrons. The van der Waals surface area contributed by atoms with Gasteiger partial charge in [0.15, 0.2) is 0 Å². The van der Waals surface area contributed by atoms with Crippen LogP contribution in [0, 0.1) is 19.7 Å². The topological polar surface area (TPSA) is 99.4 Å². The number of carbonyl (C=O) groups excluding carboxylic acids is 1. The Morgan fingerprint density at radius 2 is 2.10 bits per heavy atom. The molecule has 0 saturated carbocycles. The summed E-state index contributed by atoms with van der Waals surface area (Å²) in [7, 11) is 0. The molecule has 1 fully saturated rings. The van der Waals surface area contributed by atoms with Crippen molar-refractivity contribution in [1.82, 2.24) is 20.4 Å². The molecule has 0 spiro atoms. The average Bonchev–Trinajstić information content (AvgIpc) is 3.29. The highest BCUT2D eigenvalue weighted by molar-refractivity contribution is 7.14. The van der Waals surface area contributed by atoms with Crippen LogP contribution in [0.2, 0.25) is 0 Å². The molecule has 0 atom stereocenters. The Bertz CT molecular complexity index is 1090. The van der Waals surface area contributed by atoms with Gasteiger partial charge in [0.2, 0.25) is 5.06 Å². The predicted octanol–water partition coefficient (Wildman–Crippen LogP) is 4.39. The van der Waals surface area contributed by atoms with E-state index < -0.39 is 11.9 Å². The van der Waals surface area contributed by atoms with Crippen LogP contribution >= 0.6 is 11.3 Å². The van der Waals surface area contributed by atoms with Crippen LogP contribution in [-0.4, -0.2) is 40.5 Å². The van der Waals surface area contributed by atoms with Gasteiger partial charge in [-0.1, -0.05) is 16.5 Å². The standard InChI is InChI=1S/C21H21FN4O4S/c1-12-20(29-21(27)25-15-7-9-28-10-8-15)31-18(24-12)6-4-16-13(2)30-26-19(16)17-5-3-14(22)11-23-17/h3-6,11,15H,7-10H2,1-2H3,(H,25,27)/b6-4+. The second kappa shape index (κ2) is 9.36. The molecule has 3 aromatic heterocycles. The number of ether oxygens (including phenoxy) is 2. The number of hydrogen-bond acceptors (Lipinski definition) is 8. The van der Waals surface area contributed by atoms with Crippen LogP contribution in [0.25, 0.3) is 23.5 Å². The molecule has 0 radical (unpaired) electrons. The third-order valence-electron chi connectivity index (χ3n) is 4.77. The first-order valence-electron chi connectivity index (χ1n) is 9.79. The van der Waals surface area contributed by atoms with Crippen molar-refractivity contribution in [3.63, 3.8) is 0 Å². The van der Waals surface area contributed by atoms with E-state index in [1.165, 1.54) is 17.4 Å². The van der Waals surface area contributed by atoms with Crippen LogP contribution in [0.5, 0.6) is 5.06 Å². The van der Waals surface area contributed by atoms with E-state index in [1.54, 1.807) is 32.1 Å². The van der Waals surface area contributed by atoms with Crippen molar-refractivity contribution >= 4 is 29.6 Å². The van der Waals surface area contributed by atoms with E-state index in [0.717, 1.165) is 19.0 Å². The molecule has 0 aliphatic carbocycles. The van der Waals surface area contributed by atoms with Crippen molar-refractivity contribution in [2.45, 2.75) is 32.7 Å². The largest absolute Gasteiger partial charge is 0.413 e. The molecule has 4 heterocycles. The van der Waals surface area contributed by atoms with Crippen LogP contribution in [0.3, 0.4) is 0 Å². The molecular weight excluding hydrogens is 423 g/mol. The van der Waals surface area contributed by atoms with Crippen LogP contribution in [0.15, 0.2) is 22.9 Å². The number of pyridine rings is 1. The quantitative estimate of drug-likeness (QED) is 0.623. The molecular formula is C21H21FN4O4S. The lowest BCUT2D eigenvalue weighted by atomic mass is 10.1. The molecule has 1 aliphatic heterocycles. The number of aryl methyl sites for hydroxylation is 2. The Balaban J connectivity index is 1.46. The first kappa shape index (κ1) is 21.1. The Kier molecular flexibility index (Phi) is 6.38. The number of rotatable bonds is 5. The molecule has 31 heavy (non-hydrogen) atoms. The fraction of sp³-hybridized carbons (Fsp3) is 0.333. The smallest absolute Gasteiger partial charge is 0.397 e. The summed E-state index contributed by atoms with van der Waals surface area (Å²) in [6.45, 7) is 4.83. The molecule has 3 aromatic rings. The number of nitrogens with one attached hydrogen (secondary N) is 1. The summed E-state index contributed by atoms with van der Waals surface area (Å²) in [6.07, 6.45) is 5.77. The normalized spacial score (nSPS) is 14.8. The van der Waals surface area contributed by atoms with E-state index >= 15 is 0 Å². The number of nitrogens with zero attached hydrogens (tertiary/aromatic N) is 3. The van der Waals surface area contributed by atoms with Crippen LogP contribution in [-0.2, 0) is 4.74 Å². The summed E-state index contributed by atoms with van der Waals surface area (Å²) in [5.41, 5.74) is 2.34. The highest BCUT2D eigenvalue weighted by Crippen LogP contribution is 2.30. The van der Waals surface area contributed by atoms with E-state index in [2.05, 4.69) is 20.4 Å². The third kappa shape index (κ3) is 5.15. The molecule has 10 heteroatoms. The van der Waals surface area contributed by atoms with Gasteiger partial charge in [-0.2, -0.15) is 0 Å². The predicted molar refractivity (Wildman–Crippen MR) is 113 cm³/mol. The van der Waals surface area contributed by atoms with Crippen LogP contribution < -0.4 is 10.1 Å². The van der Waals surface area contributed by atoms with Gasteiger partial charge in [-0.25, -0.2) is 14.2 Å². The summed E-state index contributed by atoms with van der Waals surface area (Å²) < 4.78 is 29.2. The summed E-state index contributed by atoms with van der Waals surface area (Å²) >= 11 is 1.26. The fourth-order valence-corrected chi connectivity index (χ4v) is 3.94. The molecule has 1 N–H and O–H groups in total. The third-order valence-corrected chi connectivity index (χ3v) is 5.77. The van der Waals surface area contributed by atoms with Crippen molar-refractivity contribution in [1.29, 1.82) is 0 Å². The number of hydrogen-bond donors (Lipinski definition) is 1. The van der Waals surface area contributed by atoms with Gasteiger partial charge in [0.25, 0.3) is 0 Å². The molecule has 0 bridgehead atoms. The molecule has 4 rings (SSSR count). The van der Waals surface area contributed by atoms with E-state index in [1.807, 2.05) is 0 Å². The van der Waals surface area contributed by atoms with Gasteiger partial charge in [0.05, 0.1) is 17.6 Å². The first-order valence-corrected chi connectivity index (χ1v) is 10.6. The van der Waals surface area contributed by atoms with Gasteiger partial charge in [0.1, 0.15) is 22.3 Å². The lowest BCUT2D eigenvalue weighted by molar-refractivity contribution is 0.0779. The maximum atomic E-state index is 13.2. The van der Waals surface area contributed by atoms with Gasteiger partial charge in [0, 0.05) is 24.8 Å². The van der Waals surface area contributed by atoms with Crippen molar-refractivity contribution in [3.05, 3.63) is 46.2 Å². The summed E-state index contributed by atoms with van der Waals surface area (Å²) in [5.74, 6) is 0.172. The van der Waals surface area contributed by atoms with Gasteiger partial charge in [-0.05, 0) is 51.0 Å². The number of carbonyl (C=O) groups is 1. The lowest BCUT2D eigenvalue weighted by Crippen LogP contribution is -2.40. The zero-order valence-corrected chi connectivity index (χ0v) is 17.9. The monoisotopic (exact) mass is 444 g/mol. The van der Waals surface area contributed by atoms with Crippen molar-refractivity contribution in [3.8, 4) is 16.5 Å². The van der Waals surface area contributed by atoms with Crippen molar-refractivity contribution < 1.29 is 23.2 Å². The molecule has 1 saturated heterocycles. The summed E-state index contributed by atoms with van der Waals surface area (Å²) in [4.78, 5) is 20.7. The summed E-state index contributed by atoms with van der Waals surface area (Å²) in [5, 5.41) is 7.99. The number of aromatic nitrogens is 3. The summed E-state index contributed by atoms with van der Waals surface area (Å²) in [6, 6.07) is 2.92. The second-order valence-corrected chi connectivity index (χ2v) is 8.03. The molecule has 0 unspecified atom stereocenters. The maximum Gasteiger partial charge on any atom is 0.413 e. The van der Waals surface area contributed by atoms with Gasteiger partial charge in [-0.3, -0.25) is 4.98 Å². The Labute approximate surface area is 182 Å². The van der Waals surface area contributed by atoms with Gasteiger partial charge >= 0.3 is 6.09 Å². The molecule has 1 aliphatic rings. The van der Waals surface area contributed by atoms with E-state index in [0.29, 0.717) is 51.7 Å². The Morgan fingerprint density at radius 1 is 1.29 bits per heavy atom.